The molecule has 0 fully saturated rings. The van der Waals surface area contributed by atoms with Crippen molar-refractivity contribution in [3.8, 4) is 11.5 Å². The molecule has 2 rings (SSSR count). The van der Waals surface area contributed by atoms with Gasteiger partial charge in [-0.05, 0) is 30.3 Å². The summed E-state index contributed by atoms with van der Waals surface area (Å²) >= 11 is 17.6. The minimum atomic E-state index is -0.654. The lowest BCUT2D eigenvalue weighted by Gasteiger charge is -2.09. The molecule has 23 heavy (non-hydrogen) atoms. The fraction of sp³-hybridized carbons (Fsp3) is 0.0667. The van der Waals surface area contributed by atoms with E-state index < -0.39 is 11.9 Å². The van der Waals surface area contributed by atoms with Gasteiger partial charge in [-0.25, -0.2) is 4.79 Å². The summed E-state index contributed by atoms with van der Waals surface area (Å²) in [6, 6.07) is 8.60. The molecule has 0 saturated heterocycles. The molecule has 0 atom stereocenters. The van der Waals surface area contributed by atoms with Gasteiger partial charge in [0, 0.05) is 11.6 Å². The number of halogens is 3. The zero-order valence-electron chi connectivity index (χ0n) is 11.5. The zero-order valence-corrected chi connectivity index (χ0v) is 13.8. The summed E-state index contributed by atoms with van der Waals surface area (Å²) in [5.41, 5.74) is 5.42. The number of benzene rings is 2. The Balaban J connectivity index is 1.95. The van der Waals surface area contributed by atoms with Crippen molar-refractivity contribution in [2.45, 2.75) is 0 Å². The molecule has 0 spiro atoms. The van der Waals surface area contributed by atoms with Gasteiger partial charge >= 0.3 is 5.97 Å². The molecule has 0 aliphatic heterocycles. The van der Waals surface area contributed by atoms with E-state index in [0.29, 0.717) is 5.56 Å². The number of primary amides is 1. The largest absolute Gasteiger partial charge is 0.480 e. The number of ether oxygens (including phenoxy) is 2. The Kier molecular flexibility index (Phi) is 5.71. The van der Waals surface area contributed by atoms with E-state index in [1.165, 1.54) is 36.4 Å². The average Bonchev–Trinajstić information content (AvgIpc) is 2.50. The van der Waals surface area contributed by atoms with Crippen LogP contribution in [-0.2, 0) is 4.79 Å². The van der Waals surface area contributed by atoms with E-state index in [9.17, 15) is 9.59 Å². The monoisotopic (exact) mass is 373 g/mol. The summed E-state index contributed by atoms with van der Waals surface area (Å²) in [6.07, 6.45) is 0. The minimum Gasteiger partial charge on any atom is -0.480 e. The van der Waals surface area contributed by atoms with Crippen LogP contribution in [0, 0.1) is 0 Å². The van der Waals surface area contributed by atoms with Gasteiger partial charge in [0.15, 0.2) is 6.61 Å². The second-order valence-corrected chi connectivity index (χ2v) is 5.57. The Hall–Kier alpha value is -1.95. The van der Waals surface area contributed by atoms with Gasteiger partial charge in [0.25, 0.3) is 0 Å². The lowest BCUT2D eigenvalue weighted by atomic mass is 10.2. The van der Waals surface area contributed by atoms with E-state index in [1.807, 2.05) is 0 Å². The fourth-order valence-corrected chi connectivity index (χ4v) is 2.19. The van der Waals surface area contributed by atoms with Gasteiger partial charge in [0.1, 0.15) is 11.5 Å². The summed E-state index contributed by atoms with van der Waals surface area (Å²) in [6.45, 7) is -0.380. The summed E-state index contributed by atoms with van der Waals surface area (Å²) in [5, 5.41) is 0.751. The third-order valence-electron chi connectivity index (χ3n) is 2.69. The second-order valence-electron chi connectivity index (χ2n) is 4.35. The molecule has 2 aromatic carbocycles. The quantitative estimate of drug-likeness (QED) is 0.491. The van der Waals surface area contributed by atoms with E-state index in [-0.39, 0.29) is 33.2 Å². The molecule has 0 heterocycles. The molecule has 1 amide bonds. The first-order chi connectivity index (χ1) is 10.9. The Morgan fingerprint density at radius 1 is 0.957 bits per heavy atom. The highest BCUT2D eigenvalue weighted by molar-refractivity contribution is 6.43. The van der Waals surface area contributed by atoms with Crippen molar-refractivity contribution < 1.29 is 19.1 Å². The second kappa shape index (κ2) is 7.55. The molecule has 0 aliphatic carbocycles. The van der Waals surface area contributed by atoms with E-state index in [2.05, 4.69) is 0 Å². The van der Waals surface area contributed by atoms with Crippen LogP contribution in [0.5, 0.6) is 11.5 Å². The van der Waals surface area contributed by atoms with Gasteiger partial charge in [0.2, 0.25) is 5.91 Å². The molecule has 5 nitrogen and oxygen atoms in total. The molecular formula is C15H10Cl3NO4. The van der Waals surface area contributed by atoms with E-state index in [1.54, 1.807) is 0 Å². The number of esters is 1. The topological polar surface area (TPSA) is 78.6 Å². The zero-order chi connectivity index (χ0) is 17.0. The van der Waals surface area contributed by atoms with Crippen molar-refractivity contribution in [2.24, 2.45) is 5.73 Å². The van der Waals surface area contributed by atoms with Crippen LogP contribution in [-0.4, -0.2) is 18.5 Å². The third-order valence-corrected chi connectivity index (χ3v) is 3.71. The van der Waals surface area contributed by atoms with Crippen LogP contribution in [0.1, 0.15) is 10.4 Å². The summed E-state index contributed by atoms with van der Waals surface area (Å²) < 4.78 is 10.3. The Morgan fingerprint density at radius 3 is 2.17 bits per heavy atom. The Bertz CT molecular complexity index is 747. The molecule has 2 N–H and O–H groups in total. The molecule has 0 unspecified atom stereocenters. The summed E-state index contributed by atoms with van der Waals surface area (Å²) in [4.78, 5) is 22.7. The summed E-state index contributed by atoms with van der Waals surface area (Å²) in [7, 11) is 0. The van der Waals surface area contributed by atoms with Gasteiger partial charge in [0.05, 0.1) is 15.1 Å². The van der Waals surface area contributed by atoms with Crippen molar-refractivity contribution in [1.82, 2.24) is 0 Å². The number of carbonyl (C=O) groups excluding carboxylic acids is 2. The molecule has 0 saturated carbocycles. The van der Waals surface area contributed by atoms with Gasteiger partial charge in [-0.15, -0.1) is 0 Å². The standard InChI is InChI=1S/C15H10Cl3NO4/c16-10-5-12(18)13(6-11(10)17)22-7-14(20)23-9-3-1-8(2-4-9)15(19)21/h1-6H,7H2,(H2,19,21). The predicted molar refractivity (Wildman–Crippen MR) is 87.6 cm³/mol. The maximum absolute atomic E-state index is 11.7. The highest BCUT2D eigenvalue weighted by atomic mass is 35.5. The van der Waals surface area contributed by atoms with Crippen molar-refractivity contribution in [3.63, 3.8) is 0 Å². The predicted octanol–water partition coefficient (Wildman–Crippen LogP) is 3.73. The molecule has 0 aliphatic rings. The molecule has 0 aromatic heterocycles. The molecule has 120 valence electrons. The van der Waals surface area contributed by atoms with Crippen LogP contribution in [0.25, 0.3) is 0 Å². The number of hydrogen-bond donors (Lipinski definition) is 1. The van der Waals surface area contributed by atoms with Crippen LogP contribution in [0.2, 0.25) is 15.1 Å². The Morgan fingerprint density at radius 2 is 1.57 bits per heavy atom. The highest BCUT2D eigenvalue weighted by Gasteiger charge is 2.11. The van der Waals surface area contributed by atoms with E-state index in [0.717, 1.165) is 0 Å². The van der Waals surface area contributed by atoms with Crippen LogP contribution in [0.3, 0.4) is 0 Å². The van der Waals surface area contributed by atoms with Crippen molar-refractivity contribution in [1.29, 1.82) is 0 Å². The van der Waals surface area contributed by atoms with Gasteiger partial charge in [-0.3, -0.25) is 4.79 Å². The number of amides is 1. The summed E-state index contributed by atoms with van der Waals surface area (Å²) in [5.74, 6) is -0.759. The third kappa shape index (κ3) is 4.76. The smallest absolute Gasteiger partial charge is 0.349 e. The van der Waals surface area contributed by atoms with Crippen molar-refractivity contribution in [2.75, 3.05) is 6.61 Å². The molecule has 0 bridgehead atoms. The highest BCUT2D eigenvalue weighted by Crippen LogP contribution is 2.33. The molecular weight excluding hydrogens is 365 g/mol. The van der Waals surface area contributed by atoms with Crippen LogP contribution in [0.15, 0.2) is 36.4 Å². The molecule has 0 radical (unpaired) electrons. The van der Waals surface area contributed by atoms with Crippen molar-refractivity contribution in [3.05, 3.63) is 57.0 Å². The maximum atomic E-state index is 11.7. The minimum absolute atomic E-state index is 0.210. The molecule has 8 heteroatoms. The first-order valence-electron chi connectivity index (χ1n) is 6.24. The number of carbonyl (C=O) groups is 2. The average molecular weight is 375 g/mol. The first-order valence-corrected chi connectivity index (χ1v) is 7.38. The SMILES string of the molecule is NC(=O)c1ccc(OC(=O)COc2cc(Cl)c(Cl)cc2Cl)cc1. The van der Waals surface area contributed by atoms with Crippen molar-refractivity contribution >= 4 is 46.7 Å². The number of hydrogen-bond acceptors (Lipinski definition) is 4. The van der Waals surface area contributed by atoms with E-state index >= 15 is 0 Å². The van der Waals surface area contributed by atoms with Gasteiger partial charge < -0.3 is 15.2 Å². The maximum Gasteiger partial charge on any atom is 0.349 e. The van der Waals surface area contributed by atoms with E-state index in [4.69, 9.17) is 50.0 Å². The van der Waals surface area contributed by atoms with Crippen LogP contribution < -0.4 is 15.2 Å². The van der Waals surface area contributed by atoms with Crippen LogP contribution >= 0.6 is 34.8 Å². The lowest BCUT2D eigenvalue weighted by Crippen LogP contribution is -2.18. The lowest BCUT2D eigenvalue weighted by molar-refractivity contribution is -0.136. The Labute approximate surface area is 146 Å². The fourth-order valence-electron chi connectivity index (χ4n) is 1.60. The normalized spacial score (nSPS) is 10.2. The van der Waals surface area contributed by atoms with Gasteiger partial charge in [-0.1, -0.05) is 34.8 Å². The number of rotatable bonds is 5. The first kappa shape index (κ1) is 17.4. The van der Waals surface area contributed by atoms with Crippen LogP contribution in [0.4, 0.5) is 0 Å². The van der Waals surface area contributed by atoms with Gasteiger partial charge in [-0.2, -0.15) is 0 Å². The molecule has 2 aromatic rings. The number of nitrogens with two attached hydrogens (primary N) is 1.